The highest BCUT2D eigenvalue weighted by Gasteiger charge is 2.05. The van der Waals surface area contributed by atoms with Crippen LogP contribution >= 0.6 is 0 Å². The van der Waals surface area contributed by atoms with Crippen LogP contribution in [0, 0.1) is 0 Å². The van der Waals surface area contributed by atoms with Crippen LogP contribution in [0.5, 0.6) is 0 Å². The van der Waals surface area contributed by atoms with E-state index in [-0.39, 0.29) is 0 Å². The summed E-state index contributed by atoms with van der Waals surface area (Å²) in [6.45, 7) is 6.06. The van der Waals surface area contributed by atoms with Crippen LogP contribution < -0.4 is 4.90 Å². The van der Waals surface area contributed by atoms with Crippen molar-refractivity contribution in [2.75, 3.05) is 18.0 Å². The molecule has 0 amide bonds. The first-order valence-electron chi connectivity index (χ1n) is 7.03. The van der Waals surface area contributed by atoms with Crippen molar-refractivity contribution < 1.29 is 4.79 Å². The number of nitrogens with zero attached hydrogens (tertiary/aromatic N) is 1. The summed E-state index contributed by atoms with van der Waals surface area (Å²) in [4.78, 5) is 13.4. The van der Waals surface area contributed by atoms with Gasteiger partial charge in [0.15, 0.2) is 0 Å². The highest BCUT2D eigenvalue weighted by molar-refractivity contribution is 5.75. The van der Waals surface area contributed by atoms with Gasteiger partial charge in [-0.3, -0.25) is 0 Å². The van der Waals surface area contributed by atoms with Gasteiger partial charge in [0.25, 0.3) is 0 Å². The Morgan fingerprint density at radius 3 is 2.33 bits per heavy atom. The van der Waals surface area contributed by atoms with E-state index in [4.69, 9.17) is 0 Å². The van der Waals surface area contributed by atoms with E-state index in [1.54, 1.807) is 6.92 Å². The number of carbonyl (C=O) groups excluding carboxylic acids is 1. The van der Waals surface area contributed by atoms with Gasteiger partial charge in [0.2, 0.25) is 0 Å². The van der Waals surface area contributed by atoms with Crippen LogP contribution in [-0.2, 0) is 4.79 Å². The second-order valence-electron chi connectivity index (χ2n) is 4.84. The molecule has 0 aromatic heterocycles. The number of carbonyl (C=O) groups is 1. The summed E-state index contributed by atoms with van der Waals surface area (Å²) in [5.41, 5.74) is 1.30. The first-order valence-corrected chi connectivity index (χ1v) is 7.03. The molecule has 2 heteroatoms. The molecule has 0 aliphatic carbocycles. The van der Waals surface area contributed by atoms with Crippen molar-refractivity contribution in [3.05, 3.63) is 30.3 Å². The predicted octanol–water partition coefficient (Wildman–Crippen LogP) is 4.05. The zero-order chi connectivity index (χ0) is 13.2. The molecule has 0 fully saturated rings. The van der Waals surface area contributed by atoms with E-state index in [0.29, 0.717) is 5.78 Å². The van der Waals surface area contributed by atoms with Gasteiger partial charge in [0, 0.05) is 25.2 Å². The van der Waals surface area contributed by atoms with Crippen LogP contribution in [0.2, 0.25) is 0 Å². The van der Waals surface area contributed by atoms with Crippen molar-refractivity contribution in [3.8, 4) is 0 Å². The molecule has 100 valence electrons. The van der Waals surface area contributed by atoms with Crippen molar-refractivity contribution in [2.24, 2.45) is 0 Å². The fourth-order valence-corrected chi connectivity index (χ4v) is 2.03. The molecule has 1 rings (SSSR count). The van der Waals surface area contributed by atoms with E-state index in [2.05, 4.69) is 42.2 Å². The first kappa shape index (κ1) is 14.7. The van der Waals surface area contributed by atoms with Gasteiger partial charge >= 0.3 is 0 Å². The lowest BCUT2D eigenvalue weighted by atomic mass is 10.1. The van der Waals surface area contributed by atoms with Gasteiger partial charge in [0.05, 0.1) is 0 Å². The zero-order valence-corrected chi connectivity index (χ0v) is 11.7. The summed E-state index contributed by atoms with van der Waals surface area (Å²) in [5.74, 6) is 0.301. The SMILES string of the molecule is CCCCN(CCCCC(C)=O)c1ccccc1. The van der Waals surface area contributed by atoms with Crippen LogP contribution in [0.1, 0.15) is 46.0 Å². The van der Waals surface area contributed by atoms with E-state index in [1.807, 2.05) is 0 Å². The number of anilines is 1. The van der Waals surface area contributed by atoms with Gasteiger partial charge in [-0.15, -0.1) is 0 Å². The molecule has 0 saturated heterocycles. The molecule has 0 aliphatic rings. The van der Waals surface area contributed by atoms with E-state index in [9.17, 15) is 4.79 Å². The standard InChI is InChI=1S/C16H25NO/c1-3-4-13-17(14-9-8-10-15(2)18)16-11-6-5-7-12-16/h5-7,11-12H,3-4,8-10,13-14H2,1-2H3. The Kier molecular flexibility index (Phi) is 7.16. The van der Waals surface area contributed by atoms with Gasteiger partial charge in [-0.2, -0.15) is 0 Å². The molecule has 0 N–H and O–H groups in total. The number of para-hydroxylation sites is 1. The predicted molar refractivity (Wildman–Crippen MR) is 78.1 cm³/mol. The van der Waals surface area contributed by atoms with Crippen molar-refractivity contribution in [1.29, 1.82) is 0 Å². The van der Waals surface area contributed by atoms with Crippen molar-refractivity contribution in [3.63, 3.8) is 0 Å². The maximum absolute atomic E-state index is 10.9. The van der Waals surface area contributed by atoms with E-state index >= 15 is 0 Å². The van der Waals surface area contributed by atoms with Crippen LogP contribution in [0.3, 0.4) is 0 Å². The number of unbranched alkanes of at least 4 members (excludes halogenated alkanes) is 2. The second kappa shape index (κ2) is 8.73. The first-order chi connectivity index (χ1) is 8.74. The average molecular weight is 247 g/mol. The molecule has 0 atom stereocenters. The molecular weight excluding hydrogens is 222 g/mol. The molecule has 0 bridgehead atoms. The fourth-order valence-electron chi connectivity index (χ4n) is 2.03. The monoisotopic (exact) mass is 247 g/mol. The van der Waals surface area contributed by atoms with Gasteiger partial charge in [-0.05, 0) is 38.3 Å². The molecule has 0 unspecified atom stereocenters. The summed E-state index contributed by atoms with van der Waals surface area (Å²) in [5, 5.41) is 0. The van der Waals surface area contributed by atoms with E-state index in [0.717, 1.165) is 32.4 Å². The number of hydrogen-bond acceptors (Lipinski definition) is 2. The topological polar surface area (TPSA) is 20.3 Å². The Morgan fingerprint density at radius 1 is 1.06 bits per heavy atom. The molecule has 0 heterocycles. The lowest BCUT2D eigenvalue weighted by Gasteiger charge is -2.24. The van der Waals surface area contributed by atoms with Crippen LogP contribution in [0.4, 0.5) is 5.69 Å². The number of Topliss-reactive ketones (excluding diaryl/α,β-unsaturated/α-hetero) is 1. The molecule has 1 aromatic rings. The summed E-state index contributed by atoms with van der Waals surface area (Å²) in [7, 11) is 0. The molecule has 2 nitrogen and oxygen atoms in total. The largest absolute Gasteiger partial charge is 0.372 e. The quantitative estimate of drug-likeness (QED) is 0.613. The number of ketones is 1. The molecule has 1 aromatic carbocycles. The van der Waals surface area contributed by atoms with E-state index in [1.165, 1.54) is 18.5 Å². The maximum atomic E-state index is 10.9. The van der Waals surface area contributed by atoms with Crippen LogP contribution in [0.25, 0.3) is 0 Å². The summed E-state index contributed by atoms with van der Waals surface area (Å²) >= 11 is 0. The van der Waals surface area contributed by atoms with Crippen molar-refractivity contribution in [2.45, 2.75) is 46.0 Å². The number of hydrogen-bond donors (Lipinski definition) is 0. The minimum Gasteiger partial charge on any atom is -0.372 e. The third-order valence-electron chi connectivity index (χ3n) is 3.11. The Hall–Kier alpha value is -1.31. The minimum atomic E-state index is 0.301. The normalized spacial score (nSPS) is 10.3. The molecular formula is C16H25NO. The summed E-state index contributed by atoms with van der Waals surface area (Å²) in [6, 6.07) is 10.6. The van der Waals surface area contributed by atoms with Crippen LogP contribution in [-0.4, -0.2) is 18.9 Å². The molecule has 0 aliphatic heterocycles. The Labute approximate surface area is 111 Å². The molecule has 0 saturated carbocycles. The second-order valence-corrected chi connectivity index (χ2v) is 4.84. The van der Waals surface area contributed by atoms with Crippen molar-refractivity contribution in [1.82, 2.24) is 0 Å². The lowest BCUT2D eigenvalue weighted by Crippen LogP contribution is -2.25. The van der Waals surface area contributed by atoms with E-state index < -0.39 is 0 Å². The van der Waals surface area contributed by atoms with Gasteiger partial charge in [-0.1, -0.05) is 31.5 Å². The summed E-state index contributed by atoms with van der Waals surface area (Å²) < 4.78 is 0. The Balaban J connectivity index is 2.43. The maximum Gasteiger partial charge on any atom is 0.129 e. The minimum absolute atomic E-state index is 0.301. The third-order valence-corrected chi connectivity index (χ3v) is 3.11. The Morgan fingerprint density at radius 2 is 1.72 bits per heavy atom. The molecule has 0 spiro atoms. The fraction of sp³-hybridized carbons (Fsp3) is 0.562. The Bertz CT molecular complexity index is 334. The van der Waals surface area contributed by atoms with Gasteiger partial charge in [-0.25, -0.2) is 0 Å². The average Bonchev–Trinajstić information content (AvgIpc) is 2.38. The lowest BCUT2D eigenvalue weighted by molar-refractivity contribution is -0.117. The summed E-state index contributed by atoms with van der Waals surface area (Å²) in [6.07, 6.45) is 5.26. The van der Waals surface area contributed by atoms with Gasteiger partial charge < -0.3 is 9.69 Å². The highest BCUT2D eigenvalue weighted by atomic mass is 16.1. The number of rotatable bonds is 9. The molecule has 18 heavy (non-hydrogen) atoms. The zero-order valence-electron chi connectivity index (χ0n) is 11.7. The van der Waals surface area contributed by atoms with Crippen molar-refractivity contribution >= 4 is 11.5 Å². The third kappa shape index (κ3) is 5.85. The van der Waals surface area contributed by atoms with Gasteiger partial charge in [0.1, 0.15) is 5.78 Å². The smallest absolute Gasteiger partial charge is 0.129 e. The highest BCUT2D eigenvalue weighted by Crippen LogP contribution is 2.15. The molecule has 0 radical (unpaired) electrons. The van der Waals surface area contributed by atoms with Crippen LogP contribution in [0.15, 0.2) is 30.3 Å². The number of benzene rings is 1.